The number of ether oxygens (including phenoxy) is 1. The van der Waals surface area contributed by atoms with Crippen LogP contribution < -0.4 is 4.74 Å². The molecule has 0 radical (unpaired) electrons. The lowest BCUT2D eigenvalue weighted by molar-refractivity contribution is 0.0970. The van der Waals surface area contributed by atoms with Crippen LogP contribution in [0.1, 0.15) is 29.0 Å². The third-order valence-electron chi connectivity index (χ3n) is 3.41. The van der Waals surface area contributed by atoms with Gasteiger partial charge in [-0.15, -0.1) is 0 Å². The van der Waals surface area contributed by atoms with Crippen molar-refractivity contribution in [2.24, 2.45) is 0 Å². The molecule has 3 rings (SSSR count). The molecule has 19 heavy (non-hydrogen) atoms. The van der Waals surface area contributed by atoms with Crippen LogP contribution in [0.15, 0.2) is 28.9 Å². The Morgan fingerprint density at radius 2 is 2.11 bits per heavy atom. The van der Waals surface area contributed by atoms with Crippen molar-refractivity contribution in [2.75, 3.05) is 7.11 Å². The molecule has 4 heteroatoms. The monoisotopic (exact) mass is 276 g/mol. The Hall–Kier alpha value is -1.74. The van der Waals surface area contributed by atoms with Gasteiger partial charge in [0, 0.05) is 29.0 Å². The second kappa shape index (κ2) is 4.74. The Kier molecular flexibility index (Phi) is 3.07. The van der Waals surface area contributed by atoms with Crippen molar-refractivity contribution in [3.8, 4) is 16.9 Å². The number of rotatable bonds is 2. The molecule has 0 fully saturated rings. The van der Waals surface area contributed by atoms with Crippen LogP contribution in [0.2, 0.25) is 5.02 Å². The summed E-state index contributed by atoms with van der Waals surface area (Å²) in [5, 5.41) is 0.606. The average Bonchev–Trinajstić information content (AvgIpc) is 2.84. The summed E-state index contributed by atoms with van der Waals surface area (Å²) < 4.78 is 10.9. The van der Waals surface area contributed by atoms with Crippen molar-refractivity contribution in [1.29, 1.82) is 0 Å². The molecule has 0 amide bonds. The molecule has 0 N–H and O–H groups in total. The lowest BCUT2D eigenvalue weighted by Gasteiger charge is -2.12. The van der Waals surface area contributed by atoms with Crippen molar-refractivity contribution in [3.63, 3.8) is 0 Å². The van der Waals surface area contributed by atoms with Crippen molar-refractivity contribution < 1.29 is 13.9 Å². The van der Waals surface area contributed by atoms with E-state index in [0.717, 1.165) is 29.7 Å². The Morgan fingerprint density at radius 3 is 2.89 bits per heavy atom. The minimum Gasteiger partial charge on any atom is -0.496 e. The predicted octanol–water partition coefficient (Wildman–Crippen LogP) is 4.13. The van der Waals surface area contributed by atoms with Crippen LogP contribution in [0, 0.1) is 0 Å². The van der Waals surface area contributed by atoms with Gasteiger partial charge in [-0.3, -0.25) is 4.79 Å². The molecule has 0 bridgehead atoms. The Bertz CT molecular complexity index is 643. The number of hydrogen-bond donors (Lipinski definition) is 0. The van der Waals surface area contributed by atoms with Gasteiger partial charge in [0.25, 0.3) is 0 Å². The number of furan rings is 1. The summed E-state index contributed by atoms with van der Waals surface area (Å²) in [5.41, 5.74) is 2.26. The molecular formula is C15H13ClO3. The first kappa shape index (κ1) is 12.3. The minimum absolute atomic E-state index is 0.132. The number of ketones is 1. The summed E-state index contributed by atoms with van der Waals surface area (Å²) in [5.74, 6) is 1.59. The standard InChI is InChI=1S/C15H13ClO3/c1-18-13-6-5-9(16)7-10(13)11-8-19-14-4-2-3-12(17)15(11)14/h5-8H,2-4H2,1H3. The molecule has 0 aliphatic heterocycles. The van der Waals surface area contributed by atoms with Gasteiger partial charge in [-0.25, -0.2) is 0 Å². The maximum absolute atomic E-state index is 12.1. The van der Waals surface area contributed by atoms with E-state index in [0.29, 0.717) is 22.8 Å². The van der Waals surface area contributed by atoms with E-state index >= 15 is 0 Å². The first-order chi connectivity index (χ1) is 9.20. The van der Waals surface area contributed by atoms with Gasteiger partial charge < -0.3 is 9.15 Å². The van der Waals surface area contributed by atoms with E-state index in [1.165, 1.54) is 0 Å². The topological polar surface area (TPSA) is 39.4 Å². The molecule has 1 aromatic carbocycles. The summed E-state index contributed by atoms with van der Waals surface area (Å²) in [4.78, 5) is 12.1. The number of benzene rings is 1. The molecule has 0 atom stereocenters. The highest BCUT2D eigenvalue weighted by Crippen LogP contribution is 2.39. The lowest BCUT2D eigenvalue weighted by Crippen LogP contribution is -2.09. The molecule has 0 spiro atoms. The largest absolute Gasteiger partial charge is 0.496 e. The van der Waals surface area contributed by atoms with Crippen LogP contribution >= 0.6 is 11.6 Å². The summed E-state index contributed by atoms with van der Waals surface area (Å²) >= 11 is 6.04. The van der Waals surface area contributed by atoms with E-state index in [2.05, 4.69) is 0 Å². The number of hydrogen-bond acceptors (Lipinski definition) is 3. The van der Waals surface area contributed by atoms with Gasteiger partial charge in [-0.05, 0) is 24.6 Å². The first-order valence-electron chi connectivity index (χ1n) is 6.18. The van der Waals surface area contributed by atoms with Crippen LogP contribution in [0.25, 0.3) is 11.1 Å². The quantitative estimate of drug-likeness (QED) is 0.828. The molecule has 0 unspecified atom stereocenters. The van der Waals surface area contributed by atoms with Gasteiger partial charge >= 0.3 is 0 Å². The molecule has 1 heterocycles. The zero-order valence-electron chi connectivity index (χ0n) is 10.5. The van der Waals surface area contributed by atoms with E-state index in [1.807, 2.05) is 0 Å². The zero-order valence-corrected chi connectivity index (χ0v) is 11.3. The number of halogens is 1. The smallest absolute Gasteiger partial charge is 0.167 e. The fourth-order valence-corrected chi connectivity index (χ4v) is 2.68. The van der Waals surface area contributed by atoms with E-state index in [9.17, 15) is 4.79 Å². The minimum atomic E-state index is 0.132. The number of Topliss-reactive ketones (excluding diaryl/α,β-unsaturated/α-hetero) is 1. The second-order valence-corrected chi connectivity index (χ2v) is 5.01. The molecule has 0 saturated heterocycles. The normalized spacial score (nSPS) is 14.3. The van der Waals surface area contributed by atoms with Gasteiger partial charge in [0.05, 0.1) is 18.9 Å². The van der Waals surface area contributed by atoms with E-state index in [-0.39, 0.29) is 5.78 Å². The molecule has 1 aromatic heterocycles. The number of carbonyl (C=O) groups excluding carboxylic acids is 1. The van der Waals surface area contributed by atoms with Crippen molar-refractivity contribution in [2.45, 2.75) is 19.3 Å². The summed E-state index contributed by atoms with van der Waals surface area (Å²) in [7, 11) is 1.60. The van der Waals surface area contributed by atoms with Gasteiger partial charge in [0.2, 0.25) is 0 Å². The van der Waals surface area contributed by atoms with Gasteiger partial charge in [0.15, 0.2) is 5.78 Å². The zero-order chi connectivity index (χ0) is 13.4. The van der Waals surface area contributed by atoms with Crippen molar-refractivity contribution in [3.05, 3.63) is 40.8 Å². The molecule has 2 aromatic rings. The molecule has 1 aliphatic rings. The number of aryl methyl sites for hydroxylation is 1. The van der Waals surface area contributed by atoms with E-state index in [4.69, 9.17) is 20.8 Å². The van der Waals surface area contributed by atoms with Gasteiger partial charge in [0.1, 0.15) is 11.5 Å². The Morgan fingerprint density at radius 1 is 1.26 bits per heavy atom. The maximum atomic E-state index is 12.1. The predicted molar refractivity (Wildman–Crippen MR) is 73.0 cm³/mol. The molecule has 0 saturated carbocycles. The molecular weight excluding hydrogens is 264 g/mol. The lowest BCUT2D eigenvalue weighted by atomic mass is 9.91. The average molecular weight is 277 g/mol. The molecule has 3 nitrogen and oxygen atoms in total. The Labute approximate surface area is 116 Å². The van der Waals surface area contributed by atoms with Crippen LogP contribution in [-0.2, 0) is 6.42 Å². The van der Waals surface area contributed by atoms with E-state index in [1.54, 1.807) is 31.6 Å². The SMILES string of the molecule is COc1ccc(Cl)cc1-c1coc2c1C(=O)CCC2. The van der Waals surface area contributed by atoms with Crippen LogP contribution in [0.4, 0.5) is 0 Å². The number of fused-ring (bicyclic) bond motifs is 1. The van der Waals surface area contributed by atoms with E-state index < -0.39 is 0 Å². The van der Waals surface area contributed by atoms with Crippen molar-refractivity contribution in [1.82, 2.24) is 0 Å². The second-order valence-electron chi connectivity index (χ2n) is 4.57. The third kappa shape index (κ3) is 2.04. The van der Waals surface area contributed by atoms with Crippen LogP contribution in [0.3, 0.4) is 0 Å². The fourth-order valence-electron chi connectivity index (χ4n) is 2.51. The fraction of sp³-hybridized carbons (Fsp3) is 0.267. The highest BCUT2D eigenvalue weighted by Gasteiger charge is 2.26. The first-order valence-corrected chi connectivity index (χ1v) is 6.56. The summed E-state index contributed by atoms with van der Waals surface area (Å²) in [6.07, 6.45) is 3.86. The highest BCUT2D eigenvalue weighted by atomic mass is 35.5. The van der Waals surface area contributed by atoms with Crippen LogP contribution in [-0.4, -0.2) is 12.9 Å². The number of carbonyl (C=O) groups is 1. The Balaban J connectivity index is 2.20. The highest BCUT2D eigenvalue weighted by molar-refractivity contribution is 6.31. The summed E-state index contributed by atoms with van der Waals surface area (Å²) in [6.45, 7) is 0. The van der Waals surface area contributed by atoms with Crippen molar-refractivity contribution >= 4 is 17.4 Å². The number of methoxy groups -OCH3 is 1. The van der Waals surface area contributed by atoms with Gasteiger partial charge in [-0.2, -0.15) is 0 Å². The molecule has 1 aliphatic carbocycles. The maximum Gasteiger partial charge on any atom is 0.167 e. The summed E-state index contributed by atoms with van der Waals surface area (Å²) in [6, 6.07) is 5.36. The molecule has 98 valence electrons. The van der Waals surface area contributed by atoms with Gasteiger partial charge in [-0.1, -0.05) is 11.6 Å². The van der Waals surface area contributed by atoms with Crippen LogP contribution in [0.5, 0.6) is 5.75 Å². The third-order valence-corrected chi connectivity index (χ3v) is 3.64.